The SMILES string of the molecule is CNC(=O)C(=O)NCC1CCN(c2ncccn2)CC1. The average molecular weight is 277 g/mol. The summed E-state index contributed by atoms with van der Waals surface area (Å²) in [5.41, 5.74) is 0. The van der Waals surface area contributed by atoms with Crippen LogP contribution < -0.4 is 15.5 Å². The molecule has 0 bridgehead atoms. The first kappa shape index (κ1) is 14.2. The van der Waals surface area contributed by atoms with Gasteiger partial charge in [0.1, 0.15) is 0 Å². The Morgan fingerprint density at radius 1 is 1.25 bits per heavy atom. The number of amides is 2. The van der Waals surface area contributed by atoms with E-state index in [0.29, 0.717) is 12.5 Å². The molecule has 7 heteroatoms. The van der Waals surface area contributed by atoms with Crippen molar-refractivity contribution in [3.63, 3.8) is 0 Å². The van der Waals surface area contributed by atoms with Crippen molar-refractivity contribution < 1.29 is 9.59 Å². The molecule has 0 atom stereocenters. The van der Waals surface area contributed by atoms with Crippen LogP contribution in [0.2, 0.25) is 0 Å². The predicted octanol–water partition coefficient (Wildman–Crippen LogP) is -0.445. The van der Waals surface area contributed by atoms with E-state index in [1.54, 1.807) is 18.5 Å². The molecule has 0 radical (unpaired) electrons. The standard InChI is InChI=1S/C13H19N5O2/c1-14-11(19)12(20)17-9-10-3-7-18(8-4-10)13-15-5-2-6-16-13/h2,5-6,10H,3-4,7-9H2,1H3,(H,14,19)(H,17,20). The minimum atomic E-state index is -0.597. The van der Waals surface area contributed by atoms with Crippen LogP contribution in [0.5, 0.6) is 0 Å². The number of nitrogens with zero attached hydrogens (tertiary/aromatic N) is 3. The van der Waals surface area contributed by atoms with Gasteiger partial charge in [-0.25, -0.2) is 9.97 Å². The Bertz CT molecular complexity index is 457. The van der Waals surface area contributed by atoms with E-state index in [1.807, 2.05) is 0 Å². The summed E-state index contributed by atoms with van der Waals surface area (Å²) in [6.07, 6.45) is 5.37. The second-order valence-corrected chi connectivity index (χ2v) is 4.77. The molecule has 1 aliphatic heterocycles. The molecule has 2 N–H and O–H groups in total. The fraction of sp³-hybridized carbons (Fsp3) is 0.538. The van der Waals surface area contributed by atoms with Gasteiger partial charge in [-0.15, -0.1) is 0 Å². The highest BCUT2D eigenvalue weighted by Crippen LogP contribution is 2.19. The molecule has 1 aliphatic rings. The van der Waals surface area contributed by atoms with Gasteiger partial charge in [-0.05, 0) is 24.8 Å². The van der Waals surface area contributed by atoms with Crippen LogP contribution in [-0.4, -0.2) is 48.5 Å². The average Bonchev–Trinajstić information content (AvgIpc) is 2.53. The van der Waals surface area contributed by atoms with Crippen LogP contribution in [0.3, 0.4) is 0 Å². The van der Waals surface area contributed by atoms with Gasteiger partial charge in [0.15, 0.2) is 0 Å². The second kappa shape index (κ2) is 6.83. The summed E-state index contributed by atoms with van der Waals surface area (Å²) in [5.74, 6) is -0.0228. The predicted molar refractivity (Wildman–Crippen MR) is 74.0 cm³/mol. The van der Waals surface area contributed by atoms with E-state index in [9.17, 15) is 9.59 Å². The lowest BCUT2D eigenvalue weighted by atomic mass is 9.97. The molecular formula is C13H19N5O2. The Labute approximate surface area is 117 Å². The number of hydrogen-bond donors (Lipinski definition) is 2. The first-order chi connectivity index (χ1) is 9.70. The zero-order chi connectivity index (χ0) is 14.4. The maximum absolute atomic E-state index is 11.3. The van der Waals surface area contributed by atoms with Crippen molar-refractivity contribution in [1.29, 1.82) is 0 Å². The number of nitrogens with one attached hydrogen (secondary N) is 2. The molecule has 0 aliphatic carbocycles. The fourth-order valence-electron chi connectivity index (χ4n) is 2.22. The minimum absolute atomic E-state index is 0.392. The van der Waals surface area contributed by atoms with Gasteiger partial charge in [-0.3, -0.25) is 9.59 Å². The van der Waals surface area contributed by atoms with Gasteiger partial charge < -0.3 is 15.5 Å². The molecule has 7 nitrogen and oxygen atoms in total. The zero-order valence-corrected chi connectivity index (χ0v) is 11.5. The Kier molecular flexibility index (Phi) is 4.86. The van der Waals surface area contributed by atoms with Gasteiger partial charge >= 0.3 is 11.8 Å². The minimum Gasteiger partial charge on any atom is -0.351 e. The molecule has 20 heavy (non-hydrogen) atoms. The zero-order valence-electron chi connectivity index (χ0n) is 11.5. The molecule has 1 aromatic rings. The van der Waals surface area contributed by atoms with Gasteiger partial charge in [0.2, 0.25) is 5.95 Å². The van der Waals surface area contributed by atoms with E-state index < -0.39 is 11.8 Å². The molecule has 0 saturated carbocycles. The van der Waals surface area contributed by atoms with Crippen molar-refractivity contribution in [2.24, 2.45) is 5.92 Å². The molecule has 2 amide bonds. The quantitative estimate of drug-likeness (QED) is 0.731. The number of piperidine rings is 1. The Morgan fingerprint density at radius 3 is 2.50 bits per heavy atom. The third kappa shape index (κ3) is 3.66. The number of carbonyl (C=O) groups is 2. The molecule has 2 rings (SSSR count). The Hall–Kier alpha value is -2.18. The van der Waals surface area contributed by atoms with E-state index in [1.165, 1.54) is 7.05 Å². The maximum atomic E-state index is 11.3. The number of rotatable bonds is 3. The van der Waals surface area contributed by atoms with Crippen molar-refractivity contribution >= 4 is 17.8 Å². The van der Waals surface area contributed by atoms with Gasteiger partial charge in [0.25, 0.3) is 0 Å². The molecular weight excluding hydrogens is 258 g/mol. The highest BCUT2D eigenvalue weighted by atomic mass is 16.2. The van der Waals surface area contributed by atoms with E-state index in [-0.39, 0.29) is 0 Å². The van der Waals surface area contributed by atoms with Crippen molar-refractivity contribution in [1.82, 2.24) is 20.6 Å². The second-order valence-electron chi connectivity index (χ2n) is 4.77. The van der Waals surface area contributed by atoms with Crippen molar-refractivity contribution in [3.05, 3.63) is 18.5 Å². The van der Waals surface area contributed by atoms with Crippen LogP contribution in [0.1, 0.15) is 12.8 Å². The fourth-order valence-corrected chi connectivity index (χ4v) is 2.22. The molecule has 2 heterocycles. The summed E-state index contributed by atoms with van der Waals surface area (Å²) in [6, 6.07) is 1.80. The van der Waals surface area contributed by atoms with E-state index in [2.05, 4.69) is 25.5 Å². The topological polar surface area (TPSA) is 87.2 Å². The molecule has 1 aromatic heterocycles. The largest absolute Gasteiger partial charge is 0.351 e. The van der Waals surface area contributed by atoms with Crippen LogP contribution in [0, 0.1) is 5.92 Å². The Morgan fingerprint density at radius 2 is 1.90 bits per heavy atom. The summed E-state index contributed by atoms with van der Waals surface area (Å²) in [7, 11) is 1.44. The summed E-state index contributed by atoms with van der Waals surface area (Å²) < 4.78 is 0. The normalized spacial score (nSPS) is 15.8. The summed E-state index contributed by atoms with van der Waals surface area (Å²) >= 11 is 0. The molecule has 0 aromatic carbocycles. The van der Waals surface area contributed by atoms with E-state index in [0.717, 1.165) is 31.9 Å². The van der Waals surface area contributed by atoms with Gasteiger partial charge in [0, 0.05) is 39.1 Å². The summed E-state index contributed by atoms with van der Waals surface area (Å²) in [6.45, 7) is 2.27. The third-order valence-corrected chi connectivity index (χ3v) is 3.43. The highest BCUT2D eigenvalue weighted by Gasteiger charge is 2.22. The van der Waals surface area contributed by atoms with E-state index in [4.69, 9.17) is 0 Å². The van der Waals surface area contributed by atoms with Crippen LogP contribution in [-0.2, 0) is 9.59 Å². The van der Waals surface area contributed by atoms with Crippen LogP contribution in [0.15, 0.2) is 18.5 Å². The molecule has 0 spiro atoms. The lowest BCUT2D eigenvalue weighted by molar-refractivity contribution is -0.139. The van der Waals surface area contributed by atoms with Crippen molar-refractivity contribution in [2.75, 3.05) is 31.6 Å². The molecule has 108 valence electrons. The van der Waals surface area contributed by atoms with Crippen molar-refractivity contribution in [2.45, 2.75) is 12.8 Å². The summed E-state index contributed by atoms with van der Waals surface area (Å²) in [5, 5.41) is 4.96. The first-order valence-corrected chi connectivity index (χ1v) is 6.72. The molecule has 1 saturated heterocycles. The van der Waals surface area contributed by atoms with Gasteiger partial charge in [0.05, 0.1) is 0 Å². The van der Waals surface area contributed by atoms with Gasteiger partial charge in [-0.1, -0.05) is 0 Å². The van der Waals surface area contributed by atoms with Crippen LogP contribution in [0.4, 0.5) is 5.95 Å². The molecule has 1 fully saturated rings. The number of aromatic nitrogens is 2. The van der Waals surface area contributed by atoms with Gasteiger partial charge in [-0.2, -0.15) is 0 Å². The number of likely N-dealkylation sites (N-methyl/N-ethyl adjacent to an activating group) is 1. The van der Waals surface area contributed by atoms with E-state index >= 15 is 0 Å². The lowest BCUT2D eigenvalue weighted by Gasteiger charge is -2.31. The molecule has 0 unspecified atom stereocenters. The van der Waals surface area contributed by atoms with Crippen LogP contribution >= 0.6 is 0 Å². The summed E-state index contributed by atoms with van der Waals surface area (Å²) in [4.78, 5) is 33.0. The number of hydrogen-bond acceptors (Lipinski definition) is 5. The van der Waals surface area contributed by atoms with Crippen molar-refractivity contribution in [3.8, 4) is 0 Å². The maximum Gasteiger partial charge on any atom is 0.309 e. The number of anilines is 1. The van der Waals surface area contributed by atoms with Crippen LogP contribution in [0.25, 0.3) is 0 Å². The Balaban J connectivity index is 1.75. The smallest absolute Gasteiger partial charge is 0.309 e. The lowest BCUT2D eigenvalue weighted by Crippen LogP contribution is -2.43. The first-order valence-electron chi connectivity index (χ1n) is 6.72. The monoisotopic (exact) mass is 277 g/mol. The third-order valence-electron chi connectivity index (χ3n) is 3.43. The highest BCUT2D eigenvalue weighted by molar-refractivity contribution is 6.34. The number of carbonyl (C=O) groups excluding carboxylic acids is 2.